The van der Waals surface area contributed by atoms with Crippen molar-refractivity contribution in [1.29, 1.82) is 0 Å². The fraction of sp³-hybridized carbons (Fsp3) is 0.522. The molecule has 0 radical (unpaired) electrons. The molecule has 1 aliphatic heterocycles. The second kappa shape index (κ2) is 9.35. The molecular weight excluding hydrogens is 366 g/mol. The largest absolute Gasteiger partial charge is 0.493 e. The highest BCUT2D eigenvalue weighted by molar-refractivity contribution is 5.96. The number of benzene rings is 1. The predicted octanol–water partition coefficient (Wildman–Crippen LogP) is 4.15. The average molecular weight is 398 g/mol. The van der Waals surface area contributed by atoms with Crippen LogP contribution in [0.4, 0.5) is 0 Å². The number of ether oxygens (including phenoxy) is 2. The van der Waals surface area contributed by atoms with E-state index in [9.17, 15) is 4.79 Å². The molecule has 29 heavy (non-hydrogen) atoms. The molecule has 3 rings (SSSR count). The average Bonchev–Trinajstić information content (AvgIpc) is 2.68. The minimum atomic E-state index is -0.300. The van der Waals surface area contributed by atoms with Gasteiger partial charge in [0, 0.05) is 18.9 Å². The summed E-state index contributed by atoms with van der Waals surface area (Å²) in [5.74, 6) is 1.82. The van der Waals surface area contributed by atoms with Crippen LogP contribution in [0.1, 0.15) is 56.6 Å². The van der Waals surface area contributed by atoms with Gasteiger partial charge in [-0.05, 0) is 71.7 Å². The maximum atomic E-state index is 11.7. The molecule has 0 unspecified atom stereocenters. The second-order valence-electron chi connectivity index (χ2n) is 8.61. The van der Waals surface area contributed by atoms with Gasteiger partial charge in [0.05, 0.1) is 12.2 Å². The zero-order chi connectivity index (χ0) is 20.9. The first-order valence-electron chi connectivity index (χ1n) is 10.3. The van der Waals surface area contributed by atoms with Crippen molar-refractivity contribution in [3.8, 4) is 11.6 Å². The molecule has 2 heterocycles. The number of likely N-dealkylation sites (tertiary alicyclic amines) is 1. The summed E-state index contributed by atoms with van der Waals surface area (Å²) in [5, 5.41) is 0. The standard InChI is InChI=1S/C23H31N3O3/c1-17(27)19-7-5-6-8-21(19)28-16-18-9-13-26(14-10-18)15-20-22(25-12-11-24-20)29-23(2,3)4/h5-8,11-12,18H,9-10,13-16H2,1-4H3. The Hall–Kier alpha value is -2.47. The summed E-state index contributed by atoms with van der Waals surface area (Å²) in [4.78, 5) is 23.0. The normalized spacial score (nSPS) is 15.9. The topological polar surface area (TPSA) is 64.5 Å². The third-order valence-corrected chi connectivity index (χ3v) is 4.96. The van der Waals surface area contributed by atoms with Crippen molar-refractivity contribution in [2.75, 3.05) is 19.7 Å². The van der Waals surface area contributed by atoms with Crippen LogP contribution in [0.25, 0.3) is 0 Å². The summed E-state index contributed by atoms with van der Waals surface area (Å²) in [6.07, 6.45) is 5.50. The van der Waals surface area contributed by atoms with Crippen molar-refractivity contribution < 1.29 is 14.3 Å². The number of nitrogens with zero attached hydrogens (tertiary/aromatic N) is 3. The zero-order valence-corrected chi connectivity index (χ0v) is 17.9. The number of aromatic nitrogens is 2. The third-order valence-electron chi connectivity index (χ3n) is 4.96. The Morgan fingerprint density at radius 1 is 1.14 bits per heavy atom. The summed E-state index contributed by atoms with van der Waals surface area (Å²) in [7, 11) is 0. The van der Waals surface area contributed by atoms with E-state index in [2.05, 4.69) is 14.9 Å². The lowest BCUT2D eigenvalue weighted by molar-refractivity contribution is 0.100. The van der Waals surface area contributed by atoms with Crippen LogP contribution in [-0.2, 0) is 6.54 Å². The SMILES string of the molecule is CC(=O)c1ccccc1OCC1CCN(Cc2nccnc2OC(C)(C)C)CC1. The highest BCUT2D eigenvalue weighted by atomic mass is 16.5. The molecule has 0 amide bonds. The van der Waals surface area contributed by atoms with Gasteiger partial charge < -0.3 is 9.47 Å². The summed E-state index contributed by atoms with van der Waals surface area (Å²) in [5.41, 5.74) is 1.23. The van der Waals surface area contributed by atoms with Crippen molar-refractivity contribution >= 4 is 5.78 Å². The zero-order valence-electron chi connectivity index (χ0n) is 17.9. The van der Waals surface area contributed by atoms with E-state index < -0.39 is 0 Å². The monoisotopic (exact) mass is 397 g/mol. The molecule has 0 aliphatic carbocycles. The molecule has 0 spiro atoms. The first-order chi connectivity index (χ1) is 13.8. The van der Waals surface area contributed by atoms with Gasteiger partial charge in [0.15, 0.2) is 5.78 Å². The van der Waals surface area contributed by atoms with Gasteiger partial charge in [0.2, 0.25) is 5.88 Å². The number of para-hydroxylation sites is 1. The maximum Gasteiger partial charge on any atom is 0.237 e. The number of Topliss-reactive ketones (excluding diaryl/α,β-unsaturated/α-hetero) is 1. The van der Waals surface area contributed by atoms with E-state index in [0.717, 1.165) is 38.2 Å². The highest BCUT2D eigenvalue weighted by Crippen LogP contribution is 2.25. The first kappa shape index (κ1) is 21.2. The van der Waals surface area contributed by atoms with E-state index >= 15 is 0 Å². The van der Waals surface area contributed by atoms with Crippen LogP contribution in [0.5, 0.6) is 11.6 Å². The number of hydrogen-bond donors (Lipinski definition) is 0. The van der Waals surface area contributed by atoms with Gasteiger partial charge in [-0.1, -0.05) is 12.1 Å². The molecular formula is C23H31N3O3. The predicted molar refractivity (Wildman–Crippen MR) is 112 cm³/mol. The molecule has 0 bridgehead atoms. The number of piperidine rings is 1. The summed E-state index contributed by atoms with van der Waals surface area (Å²) in [6.45, 7) is 11.0. The molecule has 6 nitrogen and oxygen atoms in total. The Labute approximate surface area is 173 Å². The quantitative estimate of drug-likeness (QED) is 0.654. The summed E-state index contributed by atoms with van der Waals surface area (Å²) < 4.78 is 11.9. The molecule has 1 fully saturated rings. The Morgan fingerprint density at radius 3 is 2.52 bits per heavy atom. The molecule has 0 atom stereocenters. The van der Waals surface area contributed by atoms with E-state index in [0.29, 0.717) is 29.7 Å². The van der Waals surface area contributed by atoms with E-state index in [1.54, 1.807) is 19.3 Å². The Kier molecular flexibility index (Phi) is 6.85. The lowest BCUT2D eigenvalue weighted by Gasteiger charge is -2.32. The lowest BCUT2D eigenvalue weighted by atomic mass is 9.97. The maximum absolute atomic E-state index is 11.7. The Balaban J connectivity index is 1.51. The van der Waals surface area contributed by atoms with Gasteiger partial charge in [0.1, 0.15) is 17.0 Å². The van der Waals surface area contributed by atoms with Crippen LogP contribution in [-0.4, -0.2) is 45.9 Å². The van der Waals surface area contributed by atoms with Gasteiger partial charge in [-0.3, -0.25) is 14.7 Å². The van der Waals surface area contributed by atoms with Crippen LogP contribution < -0.4 is 9.47 Å². The molecule has 0 saturated carbocycles. The molecule has 1 aliphatic rings. The van der Waals surface area contributed by atoms with Crippen molar-refractivity contribution in [3.05, 3.63) is 47.9 Å². The smallest absolute Gasteiger partial charge is 0.237 e. The minimum Gasteiger partial charge on any atom is -0.493 e. The van der Waals surface area contributed by atoms with Gasteiger partial charge in [-0.2, -0.15) is 0 Å². The first-order valence-corrected chi connectivity index (χ1v) is 10.3. The van der Waals surface area contributed by atoms with Crippen molar-refractivity contribution in [2.24, 2.45) is 5.92 Å². The van der Waals surface area contributed by atoms with Gasteiger partial charge in [-0.15, -0.1) is 0 Å². The molecule has 1 aromatic heterocycles. The van der Waals surface area contributed by atoms with Crippen LogP contribution in [0.15, 0.2) is 36.7 Å². The van der Waals surface area contributed by atoms with Gasteiger partial charge in [-0.25, -0.2) is 4.98 Å². The number of ketones is 1. The van der Waals surface area contributed by atoms with Crippen molar-refractivity contribution in [3.63, 3.8) is 0 Å². The van der Waals surface area contributed by atoms with Crippen LogP contribution in [0.3, 0.4) is 0 Å². The molecule has 1 saturated heterocycles. The lowest BCUT2D eigenvalue weighted by Crippen LogP contribution is -2.35. The van der Waals surface area contributed by atoms with Crippen LogP contribution in [0.2, 0.25) is 0 Å². The van der Waals surface area contributed by atoms with Gasteiger partial charge in [0.25, 0.3) is 0 Å². The summed E-state index contributed by atoms with van der Waals surface area (Å²) >= 11 is 0. The third kappa shape index (κ3) is 6.26. The van der Waals surface area contributed by atoms with E-state index in [1.807, 2.05) is 45.0 Å². The van der Waals surface area contributed by atoms with Crippen molar-refractivity contribution in [2.45, 2.75) is 52.7 Å². The van der Waals surface area contributed by atoms with E-state index in [-0.39, 0.29) is 11.4 Å². The summed E-state index contributed by atoms with van der Waals surface area (Å²) in [6, 6.07) is 7.46. The number of carbonyl (C=O) groups excluding carboxylic acids is 1. The van der Waals surface area contributed by atoms with E-state index in [1.165, 1.54) is 0 Å². The highest BCUT2D eigenvalue weighted by Gasteiger charge is 2.23. The molecule has 156 valence electrons. The fourth-order valence-corrected chi connectivity index (χ4v) is 3.45. The van der Waals surface area contributed by atoms with Crippen LogP contribution >= 0.6 is 0 Å². The number of hydrogen-bond acceptors (Lipinski definition) is 6. The Morgan fingerprint density at radius 2 is 1.83 bits per heavy atom. The van der Waals surface area contributed by atoms with Gasteiger partial charge >= 0.3 is 0 Å². The van der Waals surface area contributed by atoms with E-state index in [4.69, 9.17) is 9.47 Å². The van der Waals surface area contributed by atoms with Crippen molar-refractivity contribution in [1.82, 2.24) is 14.9 Å². The number of carbonyl (C=O) groups is 1. The fourth-order valence-electron chi connectivity index (χ4n) is 3.45. The molecule has 0 N–H and O–H groups in total. The number of rotatable bonds is 7. The van der Waals surface area contributed by atoms with Crippen LogP contribution in [0, 0.1) is 5.92 Å². The Bertz CT molecular complexity index is 824. The minimum absolute atomic E-state index is 0.0349. The molecule has 1 aromatic carbocycles. The molecule has 2 aromatic rings. The molecule has 6 heteroatoms. The second-order valence-corrected chi connectivity index (χ2v) is 8.61.